The topological polar surface area (TPSA) is 31.1 Å². The van der Waals surface area contributed by atoms with Crippen molar-refractivity contribution in [3.63, 3.8) is 0 Å². The quantitative estimate of drug-likeness (QED) is 0.597. The lowest BCUT2D eigenvalue weighted by molar-refractivity contribution is 0.321. The van der Waals surface area contributed by atoms with Gasteiger partial charge in [0.15, 0.2) is 5.11 Å². The summed E-state index contributed by atoms with van der Waals surface area (Å²) in [5, 5.41) is 5.43. The Bertz CT molecular complexity index is 868. The minimum Gasteiger partial charge on any atom is -0.361 e. The lowest BCUT2D eigenvalue weighted by Crippen LogP contribution is -2.40. The van der Waals surface area contributed by atoms with Gasteiger partial charge in [0.2, 0.25) is 0 Å². The highest BCUT2D eigenvalue weighted by Gasteiger charge is 2.18. The van der Waals surface area contributed by atoms with Crippen LogP contribution in [0.4, 0.5) is 5.69 Å². The molecule has 4 heteroatoms. The highest BCUT2D eigenvalue weighted by molar-refractivity contribution is 7.80. The first-order chi connectivity index (χ1) is 12.1. The number of hydrogen-bond donors (Lipinski definition) is 2. The minimum atomic E-state index is 0.360. The molecule has 0 radical (unpaired) electrons. The molecule has 3 rings (SSSR count). The number of nitrogens with one attached hydrogen (secondary N) is 2. The van der Waals surface area contributed by atoms with Gasteiger partial charge in [-0.1, -0.05) is 37.3 Å². The molecule has 0 saturated heterocycles. The maximum absolute atomic E-state index is 5.74. The smallest absolute Gasteiger partial charge is 0.173 e. The Morgan fingerprint density at radius 2 is 2.00 bits per heavy atom. The monoisotopic (exact) mass is 351 g/mol. The largest absolute Gasteiger partial charge is 0.361 e. The zero-order chi connectivity index (χ0) is 17.8. The van der Waals surface area contributed by atoms with Crippen LogP contribution in [0.15, 0.2) is 54.7 Å². The second-order valence-electron chi connectivity index (χ2n) is 6.54. The number of para-hydroxylation sites is 1. The molecule has 1 atom stereocenters. The van der Waals surface area contributed by atoms with Gasteiger partial charge in [-0.25, -0.2) is 0 Å². The molecule has 1 heterocycles. The van der Waals surface area contributed by atoms with Crippen LogP contribution in [0.5, 0.6) is 0 Å². The van der Waals surface area contributed by atoms with E-state index in [0.717, 1.165) is 23.8 Å². The molecule has 0 aliphatic heterocycles. The first-order valence-electron chi connectivity index (χ1n) is 8.77. The predicted molar refractivity (Wildman–Crippen MR) is 111 cm³/mol. The van der Waals surface area contributed by atoms with Gasteiger partial charge in [-0.05, 0) is 61.8 Å². The summed E-state index contributed by atoms with van der Waals surface area (Å²) >= 11 is 5.74. The van der Waals surface area contributed by atoms with Gasteiger partial charge in [0.05, 0.1) is 0 Å². The van der Waals surface area contributed by atoms with E-state index >= 15 is 0 Å². The van der Waals surface area contributed by atoms with Gasteiger partial charge in [0, 0.05) is 35.4 Å². The zero-order valence-electron chi connectivity index (χ0n) is 15.0. The van der Waals surface area contributed by atoms with Crippen LogP contribution >= 0.6 is 12.2 Å². The molecule has 0 aliphatic carbocycles. The average molecular weight is 352 g/mol. The van der Waals surface area contributed by atoms with Crippen molar-refractivity contribution < 1.29 is 0 Å². The minimum absolute atomic E-state index is 0.360. The van der Waals surface area contributed by atoms with Gasteiger partial charge in [0.25, 0.3) is 0 Å². The lowest BCUT2D eigenvalue weighted by atomic mass is 10.1. The Kier molecular flexibility index (Phi) is 5.39. The van der Waals surface area contributed by atoms with E-state index < -0.39 is 0 Å². The van der Waals surface area contributed by atoms with Crippen LogP contribution in [0.2, 0.25) is 0 Å². The summed E-state index contributed by atoms with van der Waals surface area (Å²) in [6, 6.07) is 17.1. The molecule has 0 saturated carbocycles. The first kappa shape index (κ1) is 17.5. The number of rotatable bonds is 5. The molecule has 3 aromatic rings. The molecule has 1 unspecified atom stereocenters. The van der Waals surface area contributed by atoms with Crippen LogP contribution in [0.25, 0.3) is 10.9 Å². The fourth-order valence-electron chi connectivity index (χ4n) is 3.01. The molecule has 1 aromatic heterocycles. The maximum Gasteiger partial charge on any atom is 0.173 e. The van der Waals surface area contributed by atoms with Crippen LogP contribution in [0.3, 0.4) is 0 Å². The molecular formula is C21H25N3S. The first-order valence-corrected chi connectivity index (χ1v) is 9.18. The molecule has 2 aromatic carbocycles. The molecule has 0 bridgehead atoms. The number of aryl methyl sites for hydroxylation is 1. The second-order valence-corrected chi connectivity index (χ2v) is 6.93. The van der Waals surface area contributed by atoms with E-state index in [0.29, 0.717) is 6.04 Å². The van der Waals surface area contributed by atoms with E-state index in [2.05, 4.69) is 84.6 Å². The van der Waals surface area contributed by atoms with Gasteiger partial charge in [-0.15, -0.1) is 0 Å². The number of aromatic nitrogens is 1. The van der Waals surface area contributed by atoms with Crippen molar-refractivity contribution in [2.45, 2.75) is 39.8 Å². The summed E-state index contributed by atoms with van der Waals surface area (Å²) in [6.07, 6.45) is 3.13. The average Bonchev–Trinajstić information content (AvgIpc) is 3.02. The highest BCUT2D eigenvalue weighted by Crippen LogP contribution is 2.22. The van der Waals surface area contributed by atoms with Crippen LogP contribution in [-0.4, -0.2) is 21.0 Å². The third kappa shape index (κ3) is 4.02. The number of hydrogen-bond acceptors (Lipinski definition) is 1. The number of benzene rings is 2. The summed E-state index contributed by atoms with van der Waals surface area (Å²) in [4.78, 5) is 5.63. The van der Waals surface area contributed by atoms with E-state index in [1.807, 2.05) is 6.07 Å². The number of H-pyrrole nitrogens is 1. The van der Waals surface area contributed by atoms with E-state index in [1.165, 1.54) is 22.0 Å². The second kappa shape index (κ2) is 7.70. The van der Waals surface area contributed by atoms with Crippen molar-refractivity contribution in [3.8, 4) is 0 Å². The SMILES string of the molecule is CCC(C)N(Cc1c[nH]c2ccccc12)C(=S)Nc1cccc(C)c1. The van der Waals surface area contributed by atoms with Crippen molar-refractivity contribution in [2.24, 2.45) is 0 Å². The van der Waals surface area contributed by atoms with Crippen LogP contribution in [0, 0.1) is 6.92 Å². The van der Waals surface area contributed by atoms with E-state index in [-0.39, 0.29) is 0 Å². The Morgan fingerprint density at radius 1 is 1.20 bits per heavy atom. The fourth-order valence-corrected chi connectivity index (χ4v) is 3.37. The number of fused-ring (bicyclic) bond motifs is 1. The van der Waals surface area contributed by atoms with Crippen molar-refractivity contribution >= 4 is 33.9 Å². The van der Waals surface area contributed by atoms with Crippen molar-refractivity contribution in [2.75, 3.05) is 5.32 Å². The van der Waals surface area contributed by atoms with Gasteiger partial charge in [0.1, 0.15) is 0 Å². The van der Waals surface area contributed by atoms with Crippen LogP contribution in [0.1, 0.15) is 31.4 Å². The van der Waals surface area contributed by atoms with Crippen molar-refractivity contribution in [3.05, 3.63) is 65.9 Å². The highest BCUT2D eigenvalue weighted by atomic mass is 32.1. The summed E-state index contributed by atoms with van der Waals surface area (Å²) < 4.78 is 0. The van der Waals surface area contributed by atoms with Gasteiger partial charge < -0.3 is 15.2 Å². The summed E-state index contributed by atoms with van der Waals surface area (Å²) in [5.74, 6) is 0. The van der Waals surface area contributed by atoms with E-state index in [4.69, 9.17) is 12.2 Å². The Hall–Kier alpha value is -2.33. The lowest BCUT2D eigenvalue weighted by Gasteiger charge is -2.31. The van der Waals surface area contributed by atoms with Gasteiger partial charge in [-0.3, -0.25) is 0 Å². The van der Waals surface area contributed by atoms with Crippen molar-refractivity contribution in [1.82, 2.24) is 9.88 Å². The summed E-state index contributed by atoms with van der Waals surface area (Å²) in [7, 11) is 0. The number of anilines is 1. The summed E-state index contributed by atoms with van der Waals surface area (Å²) in [5.41, 5.74) is 4.69. The van der Waals surface area contributed by atoms with Gasteiger partial charge in [-0.2, -0.15) is 0 Å². The third-order valence-electron chi connectivity index (χ3n) is 4.67. The molecule has 0 aliphatic rings. The van der Waals surface area contributed by atoms with E-state index in [1.54, 1.807) is 0 Å². The predicted octanol–water partition coefficient (Wildman–Crippen LogP) is 5.47. The van der Waals surface area contributed by atoms with Gasteiger partial charge >= 0.3 is 0 Å². The standard InChI is InChI=1S/C21H25N3S/c1-4-16(3)24(21(25)23-18-9-7-8-15(2)12-18)14-17-13-22-20-11-6-5-10-19(17)20/h5-13,16,22H,4,14H2,1-3H3,(H,23,25). The zero-order valence-corrected chi connectivity index (χ0v) is 15.9. The fraction of sp³-hybridized carbons (Fsp3) is 0.286. The molecule has 25 heavy (non-hydrogen) atoms. The maximum atomic E-state index is 5.74. The molecule has 2 N–H and O–H groups in total. The number of nitrogens with zero attached hydrogens (tertiary/aromatic N) is 1. The Labute approximate surface area is 155 Å². The summed E-state index contributed by atoms with van der Waals surface area (Å²) in [6.45, 7) is 7.30. The van der Waals surface area contributed by atoms with Crippen LogP contribution < -0.4 is 5.32 Å². The number of aromatic amines is 1. The third-order valence-corrected chi connectivity index (χ3v) is 5.01. The Morgan fingerprint density at radius 3 is 2.76 bits per heavy atom. The molecule has 0 spiro atoms. The molecule has 0 fully saturated rings. The van der Waals surface area contributed by atoms with E-state index in [9.17, 15) is 0 Å². The van der Waals surface area contributed by atoms with Crippen molar-refractivity contribution in [1.29, 1.82) is 0 Å². The molecule has 130 valence electrons. The number of thiocarbonyl (C=S) groups is 1. The normalized spacial score (nSPS) is 12.1. The molecule has 3 nitrogen and oxygen atoms in total. The Balaban J connectivity index is 1.83. The molecular weight excluding hydrogens is 326 g/mol. The van der Waals surface area contributed by atoms with Crippen LogP contribution in [-0.2, 0) is 6.54 Å². The molecule has 0 amide bonds.